The van der Waals surface area contributed by atoms with Crippen molar-refractivity contribution in [2.24, 2.45) is 5.92 Å². The van der Waals surface area contributed by atoms with E-state index in [0.29, 0.717) is 6.42 Å². The number of hydroxylamine groups is 1. The molecule has 4 atom stereocenters. The van der Waals surface area contributed by atoms with Crippen molar-refractivity contribution in [3.8, 4) is 0 Å². The van der Waals surface area contributed by atoms with Gasteiger partial charge in [-0.15, -0.1) is 0 Å². The Hall–Kier alpha value is -1.11. The summed E-state index contributed by atoms with van der Waals surface area (Å²) in [6.45, 7) is -1.28. The monoisotopic (exact) mass is 287 g/mol. The van der Waals surface area contributed by atoms with Crippen LogP contribution in [0, 0.1) is 11.7 Å². The molecule has 1 N–H and O–H groups in total. The predicted molar refractivity (Wildman–Crippen MR) is 65.9 cm³/mol. The Morgan fingerprint density at radius 3 is 2.80 bits per heavy atom. The van der Waals surface area contributed by atoms with Gasteiger partial charge in [-0.25, -0.2) is 13.2 Å². The topological polar surface area (TPSA) is 30.5 Å². The van der Waals surface area contributed by atoms with E-state index in [-0.39, 0.29) is 24.2 Å². The van der Waals surface area contributed by atoms with Crippen molar-refractivity contribution < 1.29 is 22.7 Å². The molecule has 0 radical (unpaired) electrons. The van der Waals surface area contributed by atoms with Crippen LogP contribution >= 0.6 is 0 Å². The number of hydrogen-bond donors (Lipinski definition) is 1. The van der Waals surface area contributed by atoms with Crippen molar-refractivity contribution in [1.82, 2.24) is 5.48 Å². The lowest BCUT2D eigenvalue weighted by Crippen LogP contribution is -2.49. The quantitative estimate of drug-likeness (QED) is 0.925. The molecule has 2 heterocycles. The Morgan fingerprint density at radius 1 is 1.30 bits per heavy atom. The van der Waals surface area contributed by atoms with Crippen molar-refractivity contribution >= 4 is 0 Å². The Bertz CT molecular complexity index is 487. The molecule has 2 aliphatic heterocycles. The number of rotatable bonds is 3. The van der Waals surface area contributed by atoms with E-state index in [1.54, 1.807) is 12.1 Å². The maximum Gasteiger partial charge on any atom is 0.128 e. The molecule has 6 heteroatoms. The summed E-state index contributed by atoms with van der Waals surface area (Å²) in [5.41, 5.74) is 1.60. The van der Waals surface area contributed by atoms with Crippen LogP contribution in [0.15, 0.2) is 24.3 Å². The lowest BCUT2D eigenvalue weighted by atomic mass is 9.75. The van der Waals surface area contributed by atoms with Crippen molar-refractivity contribution in [3.63, 3.8) is 0 Å². The third kappa shape index (κ3) is 2.03. The zero-order valence-electron chi connectivity index (χ0n) is 10.8. The van der Waals surface area contributed by atoms with Crippen molar-refractivity contribution in [2.75, 3.05) is 20.0 Å². The fraction of sp³-hybridized carbons (Fsp3) is 0.571. The van der Waals surface area contributed by atoms with Gasteiger partial charge >= 0.3 is 0 Å². The maximum atomic E-state index is 14.0. The second-order valence-electron chi connectivity index (χ2n) is 5.30. The minimum absolute atomic E-state index is 0.143. The average molecular weight is 287 g/mol. The highest BCUT2D eigenvalue weighted by Crippen LogP contribution is 2.43. The molecule has 3 rings (SSSR count). The summed E-state index contributed by atoms with van der Waals surface area (Å²) in [6, 6.07) is 6.03. The largest absolute Gasteiger partial charge is 0.375 e. The van der Waals surface area contributed by atoms with Crippen molar-refractivity contribution in [1.29, 1.82) is 0 Å². The van der Waals surface area contributed by atoms with Crippen molar-refractivity contribution in [2.45, 2.75) is 24.2 Å². The number of alkyl halides is 2. The standard InChI is InChI=1S/C14H16F3NO2/c15-6-9-5-13-11(7-19-9)14(8-16,18-20-13)10-3-1-2-4-12(10)17/h1-4,9,11,13,18H,5-8H2/t9-,11-,13+,14+/m0/s1. The zero-order valence-corrected chi connectivity index (χ0v) is 10.8. The molecule has 0 amide bonds. The van der Waals surface area contributed by atoms with Crippen LogP contribution in [-0.2, 0) is 15.1 Å². The predicted octanol–water partition coefficient (Wildman–Crippen LogP) is 2.27. The van der Waals surface area contributed by atoms with Gasteiger partial charge in [-0.1, -0.05) is 18.2 Å². The second kappa shape index (κ2) is 5.35. The van der Waals surface area contributed by atoms with Crippen LogP contribution in [-0.4, -0.2) is 32.2 Å². The van der Waals surface area contributed by atoms with Crippen LogP contribution in [0.4, 0.5) is 13.2 Å². The van der Waals surface area contributed by atoms with E-state index in [1.165, 1.54) is 12.1 Å². The molecule has 1 aromatic rings. The van der Waals surface area contributed by atoms with E-state index in [0.717, 1.165) is 0 Å². The molecule has 0 bridgehead atoms. The van der Waals surface area contributed by atoms with Crippen molar-refractivity contribution in [3.05, 3.63) is 35.6 Å². The Labute approximate surface area is 115 Å². The first-order chi connectivity index (χ1) is 9.71. The summed E-state index contributed by atoms with van der Waals surface area (Å²) in [5, 5.41) is 0. The summed E-state index contributed by atoms with van der Waals surface area (Å²) < 4.78 is 45.8. The van der Waals surface area contributed by atoms with Gasteiger partial charge in [-0.3, -0.25) is 4.84 Å². The van der Waals surface area contributed by atoms with Gasteiger partial charge in [0.05, 0.1) is 18.8 Å². The third-order valence-electron chi connectivity index (χ3n) is 4.22. The third-order valence-corrected chi connectivity index (χ3v) is 4.22. The van der Waals surface area contributed by atoms with Gasteiger partial charge in [0.1, 0.15) is 24.7 Å². The lowest BCUT2D eigenvalue weighted by Gasteiger charge is -2.36. The molecule has 2 aliphatic rings. The van der Waals surface area contributed by atoms with Crippen LogP contribution in [0.2, 0.25) is 0 Å². The molecule has 110 valence electrons. The summed E-state index contributed by atoms with van der Waals surface area (Å²) in [4.78, 5) is 5.40. The van der Waals surface area contributed by atoms with E-state index in [1.807, 2.05) is 0 Å². The highest BCUT2D eigenvalue weighted by Gasteiger charge is 2.54. The molecule has 2 saturated heterocycles. The summed E-state index contributed by atoms with van der Waals surface area (Å²) in [6.07, 6.45) is -0.571. The molecule has 0 spiro atoms. The molecule has 1 aromatic carbocycles. The van der Waals surface area contributed by atoms with Crippen LogP contribution < -0.4 is 5.48 Å². The SMILES string of the molecule is FC[C@@H]1C[C@H]2ON[C@](CF)(c3ccccc3F)[C@H]2CO1. The second-order valence-corrected chi connectivity index (χ2v) is 5.30. The van der Waals surface area contributed by atoms with Gasteiger partial charge in [-0.2, -0.15) is 5.48 Å². The number of halogens is 3. The maximum absolute atomic E-state index is 14.0. The van der Waals surface area contributed by atoms with Gasteiger partial charge in [0.2, 0.25) is 0 Å². The minimum atomic E-state index is -1.27. The number of hydrogen-bond acceptors (Lipinski definition) is 3. The van der Waals surface area contributed by atoms with Gasteiger partial charge in [0.15, 0.2) is 0 Å². The van der Waals surface area contributed by atoms with Gasteiger partial charge in [-0.05, 0) is 6.07 Å². The summed E-state index contributed by atoms with van der Waals surface area (Å²) in [5.74, 6) is -0.873. The molecule has 2 fully saturated rings. The highest BCUT2D eigenvalue weighted by molar-refractivity contribution is 5.29. The normalized spacial score (nSPS) is 36.9. The highest BCUT2D eigenvalue weighted by atomic mass is 19.1. The van der Waals surface area contributed by atoms with Crippen LogP contribution in [0.1, 0.15) is 12.0 Å². The first kappa shape index (κ1) is 13.9. The molecule has 0 unspecified atom stereocenters. The molecule has 0 aliphatic carbocycles. The van der Waals surface area contributed by atoms with E-state index < -0.39 is 30.8 Å². The van der Waals surface area contributed by atoms with Crippen LogP contribution in [0.25, 0.3) is 0 Å². The molecule has 0 saturated carbocycles. The lowest BCUT2D eigenvalue weighted by molar-refractivity contribution is -0.0891. The Kier molecular flexibility index (Phi) is 3.70. The summed E-state index contributed by atoms with van der Waals surface area (Å²) in [7, 11) is 0. The molecular weight excluding hydrogens is 271 g/mol. The van der Waals surface area contributed by atoms with Crippen LogP contribution in [0.5, 0.6) is 0 Å². The number of benzene rings is 1. The minimum Gasteiger partial charge on any atom is -0.375 e. The first-order valence-electron chi connectivity index (χ1n) is 6.62. The smallest absolute Gasteiger partial charge is 0.128 e. The van der Waals surface area contributed by atoms with E-state index >= 15 is 0 Å². The van der Waals surface area contributed by atoms with Gasteiger partial charge in [0.25, 0.3) is 0 Å². The molecular formula is C14H16F3NO2. The van der Waals surface area contributed by atoms with Gasteiger partial charge < -0.3 is 4.74 Å². The van der Waals surface area contributed by atoms with Crippen LogP contribution in [0.3, 0.4) is 0 Å². The first-order valence-corrected chi connectivity index (χ1v) is 6.62. The summed E-state index contributed by atoms with van der Waals surface area (Å²) >= 11 is 0. The zero-order chi connectivity index (χ0) is 14.2. The van der Waals surface area contributed by atoms with E-state index in [2.05, 4.69) is 5.48 Å². The molecule has 20 heavy (non-hydrogen) atoms. The molecule has 0 aromatic heterocycles. The number of nitrogens with one attached hydrogen (secondary N) is 1. The van der Waals surface area contributed by atoms with E-state index in [9.17, 15) is 13.2 Å². The number of fused-ring (bicyclic) bond motifs is 1. The van der Waals surface area contributed by atoms with Gasteiger partial charge in [0, 0.05) is 17.9 Å². The fourth-order valence-corrected chi connectivity index (χ4v) is 3.07. The average Bonchev–Trinajstić information content (AvgIpc) is 2.86. The Balaban J connectivity index is 1.93. The number of ether oxygens (including phenoxy) is 1. The molecule has 3 nitrogen and oxygen atoms in total. The van der Waals surface area contributed by atoms with E-state index in [4.69, 9.17) is 9.57 Å². The Morgan fingerprint density at radius 2 is 2.10 bits per heavy atom. The fourth-order valence-electron chi connectivity index (χ4n) is 3.07.